The number of amides is 1. The number of aromatic hydroxyl groups is 2. The number of hydrazone groups is 1. The fourth-order valence-corrected chi connectivity index (χ4v) is 4.03. The SMILES string of the molecule is Cc1ccc(S(=O)(=O)N(C)Cc2ccc(C(=O)N/N=C/c3cccc(O)c3O)cc2)cc1. The van der Waals surface area contributed by atoms with Gasteiger partial charge in [-0.2, -0.15) is 9.41 Å². The highest BCUT2D eigenvalue weighted by atomic mass is 32.2. The average Bonchev–Trinajstić information content (AvgIpc) is 2.77. The van der Waals surface area contributed by atoms with E-state index >= 15 is 0 Å². The fraction of sp³-hybridized carbons (Fsp3) is 0.130. The molecule has 0 heterocycles. The third kappa shape index (κ3) is 5.32. The molecule has 3 N–H and O–H groups in total. The Morgan fingerprint density at radius 1 is 1.03 bits per heavy atom. The second kappa shape index (κ2) is 9.63. The number of carbonyl (C=O) groups is 1. The van der Waals surface area contributed by atoms with Gasteiger partial charge in [-0.1, -0.05) is 35.9 Å². The van der Waals surface area contributed by atoms with Crippen LogP contribution in [0.25, 0.3) is 0 Å². The van der Waals surface area contributed by atoms with Crippen LogP contribution in [-0.2, 0) is 16.6 Å². The van der Waals surface area contributed by atoms with Crippen molar-refractivity contribution < 1.29 is 23.4 Å². The highest BCUT2D eigenvalue weighted by molar-refractivity contribution is 7.89. The molecule has 0 unspecified atom stereocenters. The average molecular weight is 454 g/mol. The summed E-state index contributed by atoms with van der Waals surface area (Å²) in [7, 11) is -2.13. The van der Waals surface area contributed by atoms with Crippen LogP contribution in [0.4, 0.5) is 0 Å². The number of sulfonamides is 1. The van der Waals surface area contributed by atoms with Crippen LogP contribution >= 0.6 is 0 Å². The summed E-state index contributed by atoms with van der Waals surface area (Å²) in [6.07, 6.45) is 1.21. The number of para-hydroxylation sites is 1. The van der Waals surface area contributed by atoms with Crippen molar-refractivity contribution in [2.75, 3.05) is 7.05 Å². The lowest BCUT2D eigenvalue weighted by molar-refractivity contribution is 0.0955. The maximum atomic E-state index is 12.7. The standard InChI is InChI=1S/C23H23N3O5S/c1-16-6-12-20(13-7-16)32(30,31)26(2)15-17-8-10-18(11-9-17)23(29)25-24-14-19-4-3-5-21(27)22(19)28/h3-14,27-28H,15H2,1-2H3,(H,25,29)/b24-14+. The number of hydrogen-bond donors (Lipinski definition) is 3. The molecule has 0 aliphatic rings. The van der Waals surface area contributed by atoms with Crippen molar-refractivity contribution in [3.63, 3.8) is 0 Å². The van der Waals surface area contributed by atoms with Crippen molar-refractivity contribution in [2.45, 2.75) is 18.4 Å². The summed E-state index contributed by atoms with van der Waals surface area (Å²) >= 11 is 0. The second-order valence-electron chi connectivity index (χ2n) is 7.19. The number of nitrogens with one attached hydrogen (secondary N) is 1. The van der Waals surface area contributed by atoms with Crippen LogP contribution in [0.3, 0.4) is 0 Å². The van der Waals surface area contributed by atoms with Gasteiger partial charge in [0.2, 0.25) is 10.0 Å². The Bertz CT molecular complexity index is 1240. The van der Waals surface area contributed by atoms with E-state index in [4.69, 9.17) is 0 Å². The fourth-order valence-electron chi connectivity index (χ4n) is 2.87. The Kier molecular flexibility index (Phi) is 6.92. The van der Waals surface area contributed by atoms with Crippen molar-refractivity contribution in [1.29, 1.82) is 0 Å². The molecule has 0 bridgehead atoms. The van der Waals surface area contributed by atoms with Crippen molar-refractivity contribution >= 4 is 22.1 Å². The summed E-state index contributed by atoms with van der Waals surface area (Å²) in [6.45, 7) is 2.03. The zero-order valence-corrected chi connectivity index (χ0v) is 18.4. The summed E-state index contributed by atoms with van der Waals surface area (Å²) in [5, 5.41) is 23.0. The van der Waals surface area contributed by atoms with Gasteiger partial charge in [-0.25, -0.2) is 13.8 Å². The van der Waals surface area contributed by atoms with Gasteiger partial charge < -0.3 is 10.2 Å². The monoisotopic (exact) mass is 453 g/mol. The molecule has 0 fully saturated rings. The molecule has 0 aliphatic heterocycles. The van der Waals surface area contributed by atoms with Crippen LogP contribution in [0.1, 0.15) is 27.0 Å². The lowest BCUT2D eigenvalue weighted by Gasteiger charge is -2.17. The van der Waals surface area contributed by atoms with E-state index < -0.39 is 15.9 Å². The van der Waals surface area contributed by atoms with Crippen LogP contribution in [0.2, 0.25) is 0 Å². The van der Waals surface area contributed by atoms with Crippen molar-refractivity contribution in [1.82, 2.24) is 9.73 Å². The van der Waals surface area contributed by atoms with Gasteiger partial charge in [0.1, 0.15) is 0 Å². The van der Waals surface area contributed by atoms with Gasteiger partial charge in [0.25, 0.3) is 5.91 Å². The maximum Gasteiger partial charge on any atom is 0.271 e. The number of nitrogens with zero attached hydrogens (tertiary/aromatic N) is 2. The summed E-state index contributed by atoms with van der Waals surface area (Å²) in [5.74, 6) is -1.10. The summed E-state index contributed by atoms with van der Waals surface area (Å²) in [6, 6.07) is 17.5. The van der Waals surface area contributed by atoms with Crippen LogP contribution in [0.15, 0.2) is 76.7 Å². The number of aryl methyl sites for hydroxylation is 1. The first-order valence-electron chi connectivity index (χ1n) is 9.65. The molecular formula is C23H23N3O5S. The van der Waals surface area contributed by atoms with Gasteiger partial charge in [-0.15, -0.1) is 0 Å². The van der Waals surface area contributed by atoms with E-state index in [1.54, 1.807) is 48.5 Å². The van der Waals surface area contributed by atoms with Crippen LogP contribution < -0.4 is 5.43 Å². The first-order chi connectivity index (χ1) is 15.2. The highest BCUT2D eigenvalue weighted by Crippen LogP contribution is 2.26. The molecule has 9 heteroatoms. The molecule has 0 aliphatic carbocycles. The number of carbonyl (C=O) groups excluding carboxylic acids is 1. The van der Waals surface area contributed by atoms with Crippen molar-refractivity contribution in [3.05, 3.63) is 89.0 Å². The number of hydrogen-bond acceptors (Lipinski definition) is 6. The van der Waals surface area contributed by atoms with Gasteiger partial charge in [0, 0.05) is 24.7 Å². The Hall–Kier alpha value is -3.69. The third-order valence-electron chi connectivity index (χ3n) is 4.77. The molecule has 0 aromatic heterocycles. The van der Waals surface area contributed by atoms with E-state index in [2.05, 4.69) is 10.5 Å². The predicted octanol–water partition coefficient (Wildman–Crippen LogP) is 2.99. The largest absolute Gasteiger partial charge is 0.504 e. The van der Waals surface area contributed by atoms with Gasteiger partial charge in [0.15, 0.2) is 11.5 Å². The maximum absolute atomic E-state index is 12.7. The second-order valence-corrected chi connectivity index (χ2v) is 9.23. The molecule has 0 spiro atoms. The molecule has 3 aromatic carbocycles. The van der Waals surface area contributed by atoms with Crippen LogP contribution in [-0.4, -0.2) is 42.1 Å². The molecule has 0 saturated carbocycles. The zero-order chi connectivity index (χ0) is 23.3. The van der Waals surface area contributed by atoms with Gasteiger partial charge in [0.05, 0.1) is 11.1 Å². The van der Waals surface area contributed by atoms with E-state index in [0.29, 0.717) is 11.1 Å². The molecule has 0 radical (unpaired) electrons. The number of phenols is 2. The molecule has 32 heavy (non-hydrogen) atoms. The summed E-state index contributed by atoms with van der Waals surface area (Å²) in [5.41, 5.74) is 4.60. The molecule has 0 saturated heterocycles. The normalized spacial score (nSPS) is 11.7. The van der Waals surface area contributed by atoms with Gasteiger partial charge in [-0.3, -0.25) is 4.79 Å². The van der Waals surface area contributed by atoms with Gasteiger partial charge in [-0.05, 0) is 48.9 Å². The minimum absolute atomic E-state index is 0.146. The van der Waals surface area contributed by atoms with Crippen molar-refractivity contribution in [3.8, 4) is 11.5 Å². The third-order valence-corrected chi connectivity index (χ3v) is 6.58. The Morgan fingerprint density at radius 2 is 1.69 bits per heavy atom. The molecular weight excluding hydrogens is 430 g/mol. The van der Waals surface area contributed by atoms with Crippen LogP contribution in [0.5, 0.6) is 11.5 Å². The van der Waals surface area contributed by atoms with E-state index in [1.807, 2.05) is 6.92 Å². The first-order valence-corrected chi connectivity index (χ1v) is 11.1. The molecule has 1 amide bonds. The van der Waals surface area contributed by atoms with Crippen LogP contribution in [0, 0.1) is 6.92 Å². The summed E-state index contributed by atoms with van der Waals surface area (Å²) in [4.78, 5) is 12.5. The van der Waals surface area contributed by atoms with E-state index in [1.165, 1.54) is 35.8 Å². The molecule has 0 atom stereocenters. The lowest BCUT2D eigenvalue weighted by Crippen LogP contribution is -2.26. The Morgan fingerprint density at radius 3 is 2.34 bits per heavy atom. The molecule has 3 rings (SSSR count). The number of benzene rings is 3. The first kappa shape index (κ1) is 23.0. The summed E-state index contributed by atoms with van der Waals surface area (Å²) < 4.78 is 26.7. The van der Waals surface area contributed by atoms with Crippen molar-refractivity contribution in [2.24, 2.45) is 5.10 Å². The van der Waals surface area contributed by atoms with Gasteiger partial charge >= 0.3 is 0 Å². The minimum Gasteiger partial charge on any atom is -0.504 e. The molecule has 8 nitrogen and oxygen atoms in total. The zero-order valence-electron chi connectivity index (χ0n) is 17.6. The van der Waals surface area contributed by atoms with E-state index in [-0.39, 0.29) is 28.5 Å². The minimum atomic E-state index is -3.63. The van der Waals surface area contributed by atoms with E-state index in [9.17, 15) is 23.4 Å². The lowest BCUT2D eigenvalue weighted by atomic mass is 10.1. The predicted molar refractivity (Wildman–Crippen MR) is 121 cm³/mol. The van der Waals surface area contributed by atoms with E-state index in [0.717, 1.165) is 5.56 Å². The smallest absolute Gasteiger partial charge is 0.271 e. The topological polar surface area (TPSA) is 119 Å². The Balaban J connectivity index is 1.63. The molecule has 166 valence electrons. The molecule has 3 aromatic rings. The Labute approximate surface area is 186 Å². The quantitative estimate of drug-likeness (QED) is 0.289. The highest BCUT2D eigenvalue weighted by Gasteiger charge is 2.20. The number of rotatable bonds is 7. The number of phenolic OH excluding ortho intramolecular Hbond substituents is 2.